The van der Waals surface area contributed by atoms with E-state index >= 15 is 0 Å². The molecule has 15 heavy (non-hydrogen) atoms. The van der Waals surface area contributed by atoms with Crippen LogP contribution >= 0.6 is 0 Å². The molecule has 0 saturated heterocycles. The molecule has 0 aliphatic heterocycles. The largest absolute Gasteiger partial charge is 2.00 e. The minimum atomic E-state index is -1.01. The second-order valence-electron chi connectivity index (χ2n) is 5.07. The zero-order chi connectivity index (χ0) is 12.2. The Morgan fingerprint density at radius 3 is 0.800 bits per heavy atom. The minimum Gasteiger partial charge on any atom is -0.550 e. The summed E-state index contributed by atoms with van der Waals surface area (Å²) in [7, 11) is 0. The average Bonchev–Trinajstić information content (AvgIpc) is 1.83. The molecular weight excluding hydrogens is 243 g/mol. The molecule has 4 nitrogen and oxygen atoms in total. The Morgan fingerprint density at radius 2 is 0.800 bits per heavy atom. The van der Waals surface area contributed by atoms with Crippen molar-refractivity contribution in [2.45, 2.75) is 41.5 Å². The minimum absolute atomic E-state index is 0. The van der Waals surface area contributed by atoms with E-state index in [0.29, 0.717) is 0 Å². The molecule has 0 radical (unpaired) electrons. The Bertz CT molecular complexity index is 186. The Hall–Kier alpha value is -0.566. The molecule has 0 atom stereocenters. The molecule has 0 aliphatic carbocycles. The van der Waals surface area contributed by atoms with E-state index in [1.54, 1.807) is 41.5 Å². The molecule has 0 saturated carbocycles. The van der Waals surface area contributed by atoms with E-state index in [1.165, 1.54) is 0 Å². The van der Waals surface area contributed by atoms with Crippen LogP contribution in [0.5, 0.6) is 0 Å². The van der Waals surface area contributed by atoms with Gasteiger partial charge in [0.05, 0.1) is 0 Å². The van der Waals surface area contributed by atoms with Crippen LogP contribution in [0.3, 0.4) is 0 Å². The molecule has 0 N–H and O–H groups in total. The van der Waals surface area contributed by atoms with Gasteiger partial charge in [0.1, 0.15) is 0 Å². The van der Waals surface area contributed by atoms with Gasteiger partial charge in [-0.3, -0.25) is 0 Å². The number of carboxylic acids is 2. The van der Waals surface area contributed by atoms with Crippen LogP contribution in [0.1, 0.15) is 41.5 Å². The van der Waals surface area contributed by atoms with Crippen LogP contribution in [0.4, 0.5) is 0 Å². The summed E-state index contributed by atoms with van der Waals surface area (Å²) in [4.78, 5) is 19.8. The van der Waals surface area contributed by atoms with Gasteiger partial charge in [0.25, 0.3) is 0 Å². The fourth-order valence-corrected chi connectivity index (χ4v) is 0. The van der Waals surface area contributed by atoms with Gasteiger partial charge in [-0.25, -0.2) is 0 Å². The van der Waals surface area contributed by atoms with E-state index < -0.39 is 22.8 Å². The van der Waals surface area contributed by atoms with Gasteiger partial charge in [-0.1, -0.05) is 41.5 Å². The zero-order valence-electron chi connectivity index (χ0n) is 9.95. The first-order valence-corrected chi connectivity index (χ1v) is 4.32. The van der Waals surface area contributed by atoms with Gasteiger partial charge in [-0.05, 0) is 0 Å². The van der Waals surface area contributed by atoms with Gasteiger partial charge in [0.15, 0.2) is 0 Å². The Labute approximate surface area is 101 Å². The van der Waals surface area contributed by atoms with Crippen molar-refractivity contribution in [2.75, 3.05) is 0 Å². The number of hydrogen-bond donors (Lipinski definition) is 0. The predicted octanol–water partition coefficient (Wildman–Crippen LogP) is -0.438. The molecule has 0 aromatic heterocycles. The van der Waals surface area contributed by atoms with E-state index in [-0.39, 0.29) is 16.5 Å². The van der Waals surface area contributed by atoms with Crippen molar-refractivity contribution in [2.24, 2.45) is 10.8 Å². The molecular formula is C10H18NiO4. The van der Waals surface area contributed by atoms with Crippen LogP contribution in [0.15, 0.2) is 0 Å². The van der Waals surface area contributed by atoms with Crippen LogP contribution in [0.2, 0.25) is 0 Å². The Balaban J connectivity index is -0.000000180. The van der Waals surface area contributed by atoms with Crippen molar-refractivity contribution >= 4 is 11.9 Å². The maximum absolute atomic E-state index is 9.91. The zero-order valence-corrected chi connectivity index (χ0v) is 10.9. The van der Waals surface area contributed by atoms with Gasteiger partial charge in [-0.15, -0.1) is 0 Å². The summed E-state index contributed by atoms with van der Waals surface area (Å²) >= 11 is 0. The third kappa shape index (κ3) is 13.4. The van der Waals surface area contributed by atoms with Crippen molar-refractivity contribution in [1.29, 1.82) is 0 Å². The van der Waals surface area contributed by atoms with Gasteiger partial charge in [0, 0.05) is 22.8 Å². The van der Waals surface area contributed by atoms with Crippen molar-refractivity contribution in [1.82, 2.24) is 0 Å². The smallest absolute Gasteiger partial charge is 0.550 e. The van der Waals surface area contributed by atoms with E-state index in [2.05, 4.69) is 0 Å². The monoisotopic (exact) mass is 260 g/mol. The molecule has 5 heteroatoms. The van der Waals surface area contributed by atoms with Gasteiger partial charge in [0.2, 0.25) is 0 Å². The fourth-order valence-electron chi connectivity index (χ4n) is 0. The molecule has 0 amide bonds. The average molecular weight is 261 g/mol. The van der Waals surface area contributed by atoms with E-state index in [1.807, 2.05) is 0 Å². The SMILES string of the molecule is CC(C)(C)C(=O)[O-].CC(C)(C)C(=O)[O-].[Ni+2]. The molecule has 0 unspecified atom stereocenters. The second-order valence-corrected chi connectivity index (χ2v) is 5.07. The number of hydrogen-bond acceptors (Lipinski definition) is 4. The molecule has 0 rings (SSSR count). The molecule has 0 aliphatic rings. The summed E-state index contributed by atoms with van der Waals surface area (Å²) in [6.07, 6.45) is 0. The fraction of sp³-hybridized carbons (Fsp3) is 0.800. The van der Waals surface area contributed by atoms with Crippen LogP contribution in [-0.4, -0.2) is 11.9 Å². The number of rotatable bonds is 0. The first-order valence-electron chi connectivity index (χ1n) is 4.32. The van der Waals surface area contributed by atoms with E-state index in [4.69, 9.17) is 0 Å². The van der Waals surface area contributed by atoms with E-state index in [9.17, 15) is 19.8 Å². The number of aliphatic carboxylic acids is 2. The normalized spacial score (nSPS) is 10.5. The number of carbonyl (C=O) groups excluding carboxylic acids is 2. The van der Waals surface area contributed by atoms with Crippen molar-refractivity contribution in [3.05, 3.63) is 0 Å². The molecule has 0 aromatic carbocycles. The van der Waals surface area contributed by atoms with Gasteiger partial charge in [-0.2, -0.15) is 0 Å². The Morgan fingerprint density at radius 1 is 0.733 bits per heavy atom. The maximum atomic E-state index is 9.91. The van der Waals surface area contributed by atoms with Crippen molar-refractivity contribution in [3.63, 3.8) is 0 Å². The summed E-state index contributed by atoms with van der Waals surface area (Å²) in [6, 6.07) is 0. The van der Waals surface area contributed by atoms with Crippen LogP contribution in [0, 0.1) is 10.8 Å². The molecule has 0 fully saturated rings. The molecule has 0 bridgehead atoms. The second kappa shape index (κ2) is 6.83. The summed E-state index contributed by atoms with van der Waals surface area (Å²) in [5.41, 5.74) is -1.39. The summed E-state index contributed by atoms with van der Waals surface area (Å²) < 4.78 is 0. The van der Waals surface area contributed by atoms with Crippen molar-refractivity contribution in [3.8, 4) is 0 Å². The van der Waals surface area contributed by atoms with Gasteiger partial charge < -0.3 is 19.8 Å². The van der Waals surface area contributed by atoms with Gasteiger partial charge >= 0.3 is 16.5 Å². The predicted molar refractivity (Wildman–Crippen MR) is 48.9 cm³/mol. The summed E-state index contributed by atoms with van der Waals surface area (Å²) in [5.74, 6) is -2.01. The standard InChI is InChI=1S/2C5H10O2.Ni/c2*1-5(2,3)4(6)7;/h2*1-3H3,(H,6,7);/q;;+2/p-2. The summed E-state index contributed by atoms with van der Waals surface area (Å²) in [6.45, 7) is 9.60. The third-order valence-corrected chi connectivity index (χ3v) is 1.22. The first-order chi connectivity index (χ1) is 5.89. The van der Waals surface area contributed by atoms with E-state index in [0.717, 1.165) is 0 Å². The van der Waals surface area contributed by atoms with Crippen molar-refractivity contribution < 1.29 is 36.3 Å². The number of carbonyl (C=O) groups is 2. The number of carboxylic acid groups (broad SMARTS) is 2. The summed E-state index contributed by atoms with van der Waals surface area (Å²) in [5, 5.41) is 19.8. The Kier molecular flexibility index (Phi) is 9.08. The molecule has 92 valence electrons. The quantitative estimate of drug-likeness (QED) is 0.554. The third-order valence-electron chi connectivity index (χ3n) is 1.22. The van der Waals surface area contributed by atoms with Crippen LogP contribution in [0.25, 0.3) is 0 Å². The molecule has 0 aromatic rings. The molecule has 0 spiro atoms. The topological polar surface area (TPSA) is 80.3 Å². The van der Waals surface area contributed by atoms with Crippen LogP contribution in [-0.2, 0) is 26.1 Å². The maximum Gasteiger partial charge on any atom is 2.00 e. The van der Waals surface area contributed by atoms with Crippen LogP contribution < -0.4 is 10.2 Å². The first kappa shape index (κ1) is 19.9. The molecule has 0 heterocycles.